The fourth-order valence-corrected chi connectivity index (χ4v) is 2.51. The number of carboxylic acid groups (broad SMARTS) is 1. The standard InChI is InChI=1S/C15H16N2O4S/c1-21-11-5-2-10(3-6-11)4-7-13(18)16-8-14-17-12(9-22-14)15(19)20/h2-3,5-6,9H,4,7-8H2,1H3,(H,16,18)(H,19,20). The maximum atomic E-state index is 11.8. The molecular formula is C15H16N2O4S. The van der Waals surface area contributed by atoms with Gasteiger partial charge >= 0.3 is 5.97 Å². The Hall–Kier alpha value is -2.41. The molecule has 2 N–H and O–H groups in total. The molecule has 1 amide bonds. The van der Waals surface area contributed by atoms with Crippen LogP contribution in [0.1, 0.15) is 27.5 Å². The van der Waals surface area contributed by atoms with Crippen LogP contribution in [0.25, 0.3) is 0 Å². The van der Waals surface area contributed by atoms with Crippen molar-refractivity contribution in [3.05, 3.63) is 45.9 Å². The summed E-state index contributed by atoms with van der Waals surface area (Å²) in [5.74, 6) is -0.373. The van der Waals surface area contributed by atoms with Crippen molar-refractivity contribution in [2.75, 3.05) is 7.11 Å². The Morgan fingerprint density at radius 2 is 2.05 bits per heavy atom. The van der Waals surface area contributed by atoms with Crippen LogP contribution in [0, 0.1) is 0 Å². The fraction of sp³-hybridized carbons (Fsp3) is 0.267. The Morgan fingerprint density at radius 3 is 2.64 bits per heavy atom. The summed E-state index contributed by atoms with van der Waals surface area (Å²) in [5, 5.41) is 13.5. The van der Waals surface area contributed by atoms with Gasteiger partial charge in [-0.3, -0.25) is 4.79 Å². The van der Waals surface area contributed by atoms with Crippen LogP contribution in [0.5, 0.6) is 5.75 Å². The molecular weight excluding hydrogens is 304 g/mol. The van der Waals surface area contributed by atoms with Crippen molar-refractivity contribution in [3.8, 4) is 5.75 Å². The third-order valence-corrected chi connectivity index (χ3v) is 3.86. The number of carbonyl (C=O) groups excluding carboxylic acids is 1. The third kappa shape index (κ3) is 4.56. The molecule has 0 atom stereocenters. The first-order valence-corrected chi connectivity index (χ1v) is 7.54. The largest absolute Gasteiger partial charge is 0.497 e. The smallest absolute Gasteiger partial charge is 0.355 e. The molecule has 6 nitrogen and oxygen atoms in total. The molecule has 0 unspecified atom stereocenters. The Balaban J connectivity index is 1.76. The molecule has 0 bridgehead atoms. The van der Waals surface area contributed by atoms with Crippen LogP contribution in [0.15, 0.2) is 29.6 Å². The van der Waals surface area contributed by atoms with Gasteiger partial charge in [-0.1, -0.05) is 12.1 Å². The average molecular weight is 320 g/mol. The molecule has 0 aliphatic rings. The number of nitrogens with one attached hydrogen (secondary N) is 1. The van der Waals surface area contributed by atoms with Gasteiger partial charge in [0.2, 0.25) is 5.91 Å². The molecule has 0 aliphatic heterocycles. The van der Waals surface area contributed by atoms with Crippen LogP contribution >= 0.6 is 11.3 Å². The second-order valence-electron chi connectivity index (χ2n) is 4.56. The monoisotopic (exact) mass is 320 g/mol. The molecule has 1 aromatic carbocycles. The highest BCUT2D eigenvalue weighted by molar-refractivity contribution is 7.09. The summed E-state index contributed by atoms with van der Waals surface area (Å²) in [4.78, 5) is 26.4. The molecule has 0 saturated carbocycles. The van der Waals surface area contributed by atoms with Gasteiger partial charge in [-0.2, -0.15) is 0 Å². The third-order valence-electron chi connectivity index (χ3n) is 3.01. The summed E-state index contributed by atoms with van der Waals surface area (Å²) in [6.45, 7) is 0.249. The number of hydrogen-bond acceptors (Lipinski definition) is 5. The lowest BCUT2D eigenvalue weighted by atomic mass is 10.1. The number of methoxy groups -OCH3 is 1. The van der Waals surface area contributed by atoms with E-state index in [4.69, 9.17) is 9.84 Å². The predicted octanol–water partition coefficient (Wildman–Crippen LogP) is 2.10. The summed E-state index contributed by atoms with van der Waals surface area (Å²) in [5.41, 5.74) is 1.06. The molecule has 0 fully saturated rings. The first kappa shape index (κ1) is 16.0. The zero-order valence-electron chi connectivity index (χ0n) is 12.0. The van der Waals surface area contributed by atoms with E-state index in [0.29, 0.717) is 17.8 Å². The second-order valence-corrected chi connectivity index (χ2v) is 5.50. The van der Waals surface area contributed by atoms with E-state index in [1.54, 1.807) is 7.11 Å². The highest BCUT2D eigenvalue weighted by atomic mass is 32.1. The number of thiazole rings is 1. The number of carbonyl (C=O) groups is 2. The first-order chi connectivity index (χ1) is 10.6. The van der Waals surface area contributed by atoms with Gasteiger partial charge in [0.25, 0.3) is 0 Å². The maximum Gasteiger partial charge on any atom is 0.355 e. The van der Waals surface area contributed by atoms with Crippen molar-refractivity contribution in [1.29, 1.82) is 0 Å². The Morgan fingerprint density at radius 1 is 1.32 bits per heavy atom. The molecule has 0 saturated heterocycles. The number of nitrogens with zero attached hydrogens (tertiary/aromatic N) is 1. The Bertz CT molecular complexity index is 652. The van der Waals surface area contributed by atoms with Crippen molar-refractivity contribution < 1.29 is 19.4 Å². The van der Waals surface area contributed by atoms with E-state index in [0.717, 1.165) is 11.3 Å². The van der Waals surface area contributed by atoms with Gasteiger partial charge in [0.1, 0.15) is 10.8 Å². The number of ether oxygens (including phenoxy) is 1. The summed E-state index contributed by atoms with van der Waals surface area (Å²) in [6.07, 6.45) is 0.998. The number of aromatic nitrogens is 1. The molecule has 2 rings (SSSR count). The first-order valence-electron chi connectivity index (χ1n) is 6.66. The zero-order valence-corrected chi connectivity index (χ0v) is 12.9. The highest BCUT2D eigenvalue weighted by Crippen LogP contribution is 2.13. The number of aromatic carboxylic acids is 1. The predicted molar refractivity (Wildman–Crippen MR) is 82.2 cm³/mol. The maximum absolute atomic E-state index is 11.8. The molecule has 0 aliphatic carbocycles. The summed E-state index contributed by atoms with van der Waals surface area (Å²) >= 11 is 1.22. The normalized spacial score (nSPS) is 10.2. The number of amides is 1. The van der Waals surface area contributed by atoms with Crippen LogP contribution in [-0.4, -0.2) is 29.1 Å². The average Bonchev–Trinajstić information content (AvgIpc) is 3.00. The molecule has 22 heavy (non-hydrogen) atoms. The van der Waals surface area contributed by atoms with Crippen molar-refractivity contribution in [3.63, 3.8) is 0 Å². The summed E-state index contributed by atoms with van der Waals surface area (Å²) in [7, 11) is 1.61. The summed E-state index contributed by atoms with van der Waals surface area (Å²) in [6, 6.07) is 7.56. The minimum Gasteiger partial charge on any atom is -0.497 e. The molecule has 0 spiro atoms. The van der Waals surface area contributed by atoms with Crippen LogP contribution in [-0.2, 0) is 17.8 Å². The molecule has 0 radical (unpaired) electrons. The van der Waals surface area contributed by atoms with Crippen LogP contribution in [0.3, 0.4) is 0 Å². The zero-order chi connectivity index (χ0) is 15.9. The molecule has 1 aromatic heterocycles. The van der Waals surface area contributed by atoms with Crippen molar-refractivity contribution >= 4 is 23.2 Å². The van der Waals surface area contributed by atoms with E-state index >= 15 is 0 Å². The SMILES string of the molecule is COc1ccc(CCC(=O)NCc2nc(C(=O)O)cs2)cc1. The molecule has 7 heteroatoms. The number of rotatable bonds is 7. The quantitative estimate of drug-likeness (QED) is 0.815. The Labute approximate surface area is 131 Å². The molecule has 116 valence electrons. The van der Waals surface area contributed by atoms with E-state index in [-0.39, 0.29) is 18.1 Å². The van der Waals surface area contributed by atoms with Crippen LogP contribution < -0.4 is 10.1 Å². The van der Waals surface area contributed by atoms with Crippen molar-refractivity contribution in [1.82, 2.24) is 10.3 Å². The highest BCUT2D eigenvalue weighted by Gasteiger charge is 2.09. The topological polar surface area (TPSA) is 88.5 Å². The van der Waals surface area contributed by atoms with E-state index in [1.807, 2.05) is 24.3 Å². The number of carboxylic acids is 1. The number of aryl methyl sites for hydroxylation is 1. The van der Waals surface area contributed by atoms with Crippen LogP contribution in [0.4, 0.5) is 0 Å². The van der Waals surface area contributed by atoms with Gasteiger partial charge in [0.15, 0.2) is 5.69 Å². The van der Waals surface area contributed by atoms with Gasteiger partial charge in [0.05, 0.1) is 13.7 Å². The van der Waals surface area contributed by atoms with Gasteiger partial charge < -0.3 is 15.2 Å². The van der Waals surface area contributed by atoms with Gasteiger partial charge in [0, 0.05) is 11.8 Å². The lowest BCUT2D eigenvalue weighted by molar-refractivity contribution is -0.121. The summed E-state index contributed by atoms with van der Waals surface area (Å²) < 4.78 is 5.07. The minimum atomic E-state index is -1.06. The minimum absolute atomic E-state index is 0.00693. The van der Waals surface area contributed by atoms with Crippen molar-refractivity contribution in [2.45, 2.75) is 19.4 Å². The second kappa shape index (κ2) is 7.56. The van der Waals surface area contributed by atoms with Crippen molar-refractivity contribution in [2.24, 2.45) is 0 Å². The number of hydrogen-bond donors (Lipinski definition) is 2. The van der Waals surface area contributed by atoms with Gasteiger partial charge in [-0.05, 0) is 24.1 Å². The number of benzene rings is 1. The molecule has 2 aromatic rings. The van der Waals surface area contributed by atoms with E-state index in [9.17, 15) is 9.59 Å². The van der Waals surface area contributed by atoms with E-state index in [2.05, 4.69) is 10.3 Å². The molecule has 1 heterocycles. The van der Waals surface area contributed by atoms with Crippen LogP contribution in [0.2, 0.25) is 0 Å². The fourth-order valence-electron chi connectivity index (χ4n) is 1.80. The van der Waals surface area contributed by atoms with Gasteiger partial charge in [-0.25, -0.2) is 9.78 Å². The van der Waals surface area contributed by atoms with E-state index < -0.39 is 5.97 Å². The van der Waals surface area contributed by atoms with Gasteiger partial charge in [-0.15, -0.1) is 11.3 Å². The van der Waals surface area contributed by atoms with E-state index in [1.165, 1.54) is 16.7 Å². The lowest BCUT2D eigenvalue weighted by Gasteiger charge is -2.04. The lowest BCUT2D eigenvalue weighted by Crippen LogP contribution is -2.23. The Kier molecular flexibility index (Phi) is 5.48.